The second kappa shape index (κ2) is 60.6. The van der Waals surface area contributed by atoms with E-state index >= 15 is 0 Å². The Morgan fingerprint density at radius 3 is 0.781 bits per heavy atom. The molecule has 0 spiro atoms. The predicted molar refractivity (Wildman–Crippen MR) is 316 cm³/mol. The van der Waals surface area contributed by atoms with Crippen molar-refractivity contribution in [3.8, 4) is 0 Å². The van der Waals surface area contributed by atoms with Gasteiger partial charge in [0.25, 0.3) is 0 Å². The highest BCUT2D eigenvalue weighted by molar-refractivity contribution is 5.71. The summed E-state index contributed by atoms with van der Waals surface area (Å²) >= 11 is 0. The Bertz CT molecular complexity index is 1490. The van der Waals surface area contributed by atoms with Crippen LogP contribution in [0.2, 0.25) is 0 Å². The van der Waals surface area contributed by atoms with Crippen molar-refractivity contribution in [1.82, 2.24) is 0 Å². The number of hydrogen-bond donors (Lipinski definition) is 0. The summed E-state index contributed by atoms with van der Waals surface area (Å²) in [4.78, 5) is 38.3. The molecule has 6 heteroatoms. The number of allylic oxidation sites excluding steroid dienone is 18. The van der Waals surface area contributed by atoms with Gasteiger partial charge in [0.1, 0.15) is 13.2 Å². The van der Waals surface area contributed by atoms with Crippen LogP contribution in [-0.2, 0) is 28.6 Å². The van der Waals surface area contributed by atoms with Crippen LogP contribution in [-0.4, -0.2) is 37.2 Å². The number of rotatable bonds is 54. The van der Waals surface area contributed by atoms with Crippen LogP contribution < -0.4 is 0 Å². The minimum absolute atomic E-state index is 0.103. The van der Waals surface area contributed by atoms with Crippen LogP contribution in [0.1, 0.15) is 278 Å². The molecular formula is C67H112O6. The van der Waals surface area contributed by atoms with Gasteiger partial charge >= 0.3 is 17.9 Å². The maximum absolute atomic E-state index is 12.9. The summed E-state index contributed by atoms with van der Waals surface area (Å²) in [6.45, 7) is 6.52. The molecule has 0 radical (unpaired) electrons. The van der Waals surface area contributed by atoms with E-state index in [1.165, 1.54) is 122 Å². The van der Waals surface area contributed by atoms with Crippen molar-refractivity contribution in [2.24, 2.45) is 0 Å². The average Bonchev–Trinajstić information content (AvgIpc) is 3.39. The van der Waals surface area contributed by atoms with Gasteiger partial charge in [0.05, 0.1) is 0 Å². The molecule has 0 aliphatic rings. The standard InChI is InChI=1S/C67H112O6/c1-4-7-10-13-16-19-22-25-28-31-33-36-39-42-45-48-51-54-57-60-66(69)72-63-64(62-71-65(68)59-56-53-50-47-44-41-38-35-30-27-24-21-18-15-12-9-6-3)73-67(70)61-58-55-52-49-46-43-40-37-34-32-29-26-23-20-17-14-11-8-5-2/h16-21,25-30,33,36,38,41-42,45,64H,4-15,22-24,31-32,34-35,37,39-40,43-44,46-63H2,1-3H3/b19-16-,20-17-,21-18-,28-25-,29-26-,30-27-,36-33-,41-38-,45-42-/t64-/m0/s1. The van der Waals surface area contributed by atoms with Crippen molar-refractivity contribution >= 4 is 17.9 Å². The smallest absolute Gasteiger partial charge is 0.306 e. The molecule has 0 aromatic heterocycles. The van der Waals surface area contributed by atoms with Gasteiger partial charge in [-0.2, -0.15) is 0 Å². The molecule has 0 unspecified atom stereocenters. The van der Waals surface area contributed by atoms with Gasteiger partial charge in [-0.25, -0.2) is 0 Å². The summed E-state index contributed by atoms with van der Waals surface area (Å²) in [5.74, 6) is -0.954. The fourth-order valence-corrected chi connectivity index (χ4v) is 8.11. The first-order valence-electron chi connectivity index (χ1n) is 30.4. The van der Waals surface area contributed by atoms with Gasteiger partial charge in [0.2, 0.25) is 0 Å². The topological polar surface area (TPSA) is 78.9 Å². The zero-order valence-corrected chi connectivity index (χ0v) is 47.6. The van der Waals surface area contributed by atoms with E-state index in [0.29, 0.717) is 19.3 Å². The molecule has 416 valence electrons. The van der Waals surface area contributed by atoms with Gasteiger partial charge in [-0.3, -0.25) is 14.4 Å². The molecule has 0 rings (SSSR count). The van der Waals surface area contributed by atoms with Crippen molar-refractivity contribution in [2.75, 3.05) is 13.2 Å². The van der Waals surface area contributed by atoms with Gasteiger partial charge in [0, 0.05) is 19.3 Å². The Kier molecular flexibility index (Phi) is 57.4. The second-order valence-electron chi connectivity index (χ2n) is 19.9. The Labute approximate surface area is 450 Å². The van der Waals surface area contributed by atoms with Crippen LogP contribution in [0.4, 0.5) is 0 Å². The quantitative estimate of drug-likeness (QED) is 0.0261. The maximum Gasteiger partial charge on any atom is 0.306 e. The fourth-order valence-electron chi connectivity index (χ4n) is 8.11. The van der Waals surface area contributed by atoms with E-state index in [4.69, 9.17) is 14.2 Å². The number of unbranched alkanes of at least 4 members (excludes halogenated alkanes) is 25. The lowest BCUT2D eigenvalue weighted by molar-refractivity contribution is -0.167. The number of hydrogen-bond acceptors (Lipinski definition) is 6. The molecule has 0 aliphatic heterocycles. The zero-order chi connectivity index (χ0) is 52.9. The molecular weight excluding hydrogens is 901 g/mol. The highest BCUT2D eigenvalue weighted by Crippen LogP contribution is 2.14. The SMILES string of the molecule is CCCCC/C=C\C/C=C\C/C=C\C/C=C\CCCCCC(=O)OC[C@H](COC(=O)CCCCCC/C=C\C/C=C\C/C=C\CCCCC)OC(=O)CCCCCCCCCCC/C=C\C/C=C\CCCCC. The summed E-state index contributed by atoms with van der Waals surface area (Å²) in [5, 5.41) is 0. The van der Waals surface area contributed by atoms with Gasteiger partial charge in [-0.15, -0.1) is 0 Å². The molecule has 0 aromatic carbocycles. The van der Waals surface area contributed by atoms with Crippen molar-refractivity contribution in [1.29, 1.82) is 0 Å². The molecule has 73 heavy (non-hydrogen) atoms. The van der Waals surface area contributed by atoms with Gasteiger partial charge < -0.3 is 14.2 Å². The first-order chi connectivity index (χ1) is 36.0. The molecule has 6 nitrogen and oxygen atoms in total. The molecule has 0 amide bonds. The maximum atomic E-state index is 12.9. The number of carbonyl (C=O) groups is 3. The van der Waals surface area contributed by atoms with Crippen LogP contribution in [0, 0.1) is 0 Å². The molecule has 0 heterocycles. The predicted octanol–water partition coefficient (Wildman–Crippen LogP) is 20.7. The number of esters is 3. The van der Waals surface area contributed by atoms with E-state index in [-0.39, 0.29) is 31.1 Å². The minimum Gasteiger partial charge on any atom is -0.462 e. The molecule has 0 N–H and O–H groups in total. The molecule has 0 bridgehead atoms. The largest absolute Gasteiger partial charge is 0.462 e. The third-order valence-corrected chi connectivity index (χ3v) is 12.7. The van der Waals surface area contributed by atoms with E-state index in [1.807, 2.05) is 0 Å². The first-order valence-corrected chi connectivity index (χ1v) is 30.4. The van der Waals surface area contributed by atoms with Crippen LogP contribution >= 0.6 is 0 Å². The molecule has 1 atom stereocenters. The third kappa shape index (κ3) is 58.8. The van der Waals surface area contributed by atoms with Crippen LogP contribution in [0.15, 0.2) is 109 Å². The molecule has 0 aromatic rings. The van der Waals surface area contributed by atoms with Crippen molar-refractivity contribution in [3.05, 3.63) is 109 Å². The van der Waals surface area contributed by atoms with Crippen LogP contribution in [0.25, 0.3) is 0 Å². The lowest BCUT2D eigenvalue weighted by Gasteiger charge is -2.18. The van der Waals surface area contributed by atoms with Crippen molar-refractivity contribution < 1.29 is 28.6 Å². The van der Waals surface area contributed by atoms with Gasteiger partial charge in [0.15, 0.2) is 6.10 Å². The summed E-state index contributed by atoms with van der Waals surface area (Å²) in [6.07, 6.45) is 82.1. The fraction of sp³-hybridized carbons (Fsp3) is 0.687. The molecule has 0 fully saturated rings. The van der Waals surface area contributed by atoms with Crippen molar-refractivity contribution in [2.45, 2.75) is 284 Å². The Balaban J connectivity index is 4.50. The summed E-state index contributed by atoms with van der Waals surface area (Å²) in [6, 6.07) is 0. The first kappa shape index (κ1) is 69.1. The summed E-state index contributed by atoms with van der Waals surface area (Å²) < 4.78 is 16.9. The van der Waals surface area contributed by atoms with Crippen molar-refractivity contribution in [3.63, 3.8) is 0 Å². The highest BCUT2D eigenvalue weighted by Gasteiger charge is 2.19. The normalized spacial score (nSPS) is 12.9. The molecule has 0 aliphatic carbocycles. The number of carbonyl (C=O) groups excluding carboxylic acids is 3. The highest BCUT2D eigenvalue weighted by atomic mass is 16.6. The van der Waals surface area contributed by atoms with Crippen LogP contribution in [0.5, 0.6) is 0 Å². The average molecular weight is 1010 g/mol. The lowest BCUT2D eigenvalue weighted by Crippen LogP contribution is -2.30. The Morgan fingerprint density at radius 1 is 0.274 bits per heavy atom. The van der Waals surface area contributed by atoms with E-state index in [9.17, 15) is 14.4 Å². The van der Waals surface area contributed by atoms with E-state index in [1.54, 1.807) is 0 Å². The minimum atomic E-state index is -0.806. The summed E-state index contributed by atoms with van der Waals surface area (Å²) in [7, 11) is 0. The van der Waals surface area contributed by atoms with E-state index in [2.05, 4.69) is 130 Å². The molecule has 0 saturated carbocycles. The Morgan fingerprint density at radius 2 is 0.493 bits per heavy atom. The third-order valence-electron chi connectivity index (χ3n) is 12.7. The molecule has 0 saturated heterocycles. The number of ether oxygens (including phenoxy) is 3. The van der Waals surface area contributed by atoms with Crippen LogP contribution in [0.3, 0.4) is 0 Å². The van der Waals surface area contributed by atoms with Gasteiger partial charge in [-0.1, -0.05) is 233 Å². The summed E-state index contributed by atoms with van der Waals surface area (Å²) in [5.41, 5.74) is 0. The van der Waals surface area contributed by atoms with Gasteiger partial charge in [-0.05, 0) is 135 Å². The van der Waals surface area contributed by atoms with E-state index in [0.717, 1.165) is 116 Å². The zero-order valence-electron chi connectivity index (χ0n) is 47.6. The Hall–Kier alpha value is -3.93. The monoisotopic (exact) mass is 1010 g/mol. The second-order valence-corrected chi connectivity index (χ2v) is 19.9. The lowest BCUT2D eigenvalue weighted by atomic mass is 10.1. The van der Waals surface area contributed by atoms with E-state index < -0.39 is 6.10 Å².